The first kappa shape index (κ1) is 8.32. The number of hydrogen-bond donors (Lipinski definition) is 0. The van der Waals surface area contributed by atoms with Crippen molar-refractivity contribution < 1.29 is 0 Å². The zero-order valence-electron chi connectivity index (χ0n) is 7.00. The first-order chi connectivity index (χ1) is 5.50. The Labute approximate surface area is 69.3 Å². The molecule has 2 rings (SSSR count). The van der Waals surface area contributed by atoms with Gasteiger partial charge >= 0.3 is 0 Å². The predicted molar refractivity (Wildman–Crippen MR) is 49.5 cm³/mol. The molecule has 0 unspecified atom stereocenters. The molecule has 0 bridgehead atoms. The van der Waals surface area contributed by atoms with Crippen molar-refractivity contribution in [2.45, 2.75) is 32.1 Å². The maximum atomic E-state index is 2.00. The summed E-state index contributed by atoms with van der Waals surface area (Å²) in [4.78, 5) is 0. The lowest BCUT2D eigenvalue weighted by Crippen LogP contribution is -1.47. The van der Waals surface area contributed by atoms with Gasteiger partial charge in [0.1, 0.15) is 0 Å². The molecule has 0 saturated heterocycles. The largest absolute Gasteiger partial charge is 0.0623 e. The fraction of sp³-hybridized carbons (Fsp3) is 0.455. The molecule has 0 amide bonds. The summed E-state index contributed by atoms with van der Waals surface area (Å²) >= 11 is 0. The molecule has 0 atom stereocenters. The molecule has 1 aliphatic carbocycles. The number of hydrogen-bond acceptors (Lipinski definition) is 0. The second kappa shape index (κ2) is 5.96. The lowest BCUT2D eigenvalue weighted by Gasteiger charge is -1.69. The maximum absolute atomic E-state index is 2.00. The van der Waals surface area contributed by atoms with Gasteiger partial charge in [0.05, 0.1) is 0 Å². The monoisotopic (exact) mass is 148 g/mol. The Kier molecular flexibility index (Phi) is 4.51. The molecule has 60 valence electrons. The predicted octanol–water partition coefficient (Wildman–Crippen LogP) is 3.64. The van der Waals surface area contributed by atoms with Crippen LogP contribution in [0.25, 0.3) is 0 Å². The zero-order chi connectivity index (χ0) is 7.78. The quantitative estimate of drug-likeness (QED) is 0.527. The summed E-state index contributed by atoms with van der Waals surface area (Å²) in [5.41, 5.74) is 0. The van der Waals surface area contributed by atoms with Crippen LogP contribution in [0, 0.1) is 0 Å². The first-order valence-corrected chi connectivity index (χ1v) is 4.50. The van der Waals surface area contributed by atoms with Gasteiger partial charge in [-0.1, -0.05) is 68.5 Å². The summed E-state index contributed by atoms with van der Waals surface area (Å²) in [7, 11) is 0. The summed E-state index contributed by atoms with van der Waals surface area (Å²) < 4.78 is 0. The molecule has 1 fully saturated rings. The van der Waals surface area contributed by atoms with Crippen LogP contribution in [-0.2, 0) is 0 Å². The minimum absolute atomic E-state index is 1.50. The molecule has 0 aromatic heterocycles. The van der Waals surface area contributed by atoms with Gasteiger partial charge in [-0.15, -0.1) is 0 Å². The van der Waals surface area contributed by atoms with Crippen LogP contribution in [0.15, 0.2) is 36.4 Å². The zero-order valence-corrected chi connectivity index (χ0v) is 7.00. The highest BCUT2D eigenvalue weighted by Gasteiger charge is 1.95. The maximum Gasteiger partial charge on any atom is -0.0533 e. The Bertz CT molecular complexity index is 117. The van der Waals surface area contributed by atoms with Crippen molar-refractivity contribution in [2.75, 3.05) is 0 Å². The molecule has 0 aliphatic heterocycles. The Morgan fingerprint density at radius 1 is 0.364 bits per heavy atom. The Hall–Kier alpha value is -0.780. The average Bonchev–Trinajstić information content (AvgIpc) is 2.64. The summed E-state index contributed by atoms with van der Waals surface area (Å²) in [6.07, 6.45) is 7.50. The minimum Gasteiger partial charge on any atom is -0.0623 e. The van der Waals surface area contributed by atoms with Crippen molar-refractivity contribution in [3.05, 3.63) is 36.4 Å². The average molecular weight is 148 g/mol. The third-order valence-corrected chi connectivity index (χ3v) is 1.92. The van der Waals surface area contributed by atoms with Crippen LogP contribution in [0.1, 0.15) is 32.1 Å². The minimum atomic E-state index is 1.50. The van der Waals surface area contributed by atoms with Crippen molar-refractivity contribution in [3.8, 4) is 0 Å². The van der Waals surface area contributed by atoms with Crippen molar-refractivity contribution >= 4 is 0 Å². The van der Waals surface area contributed by atoms with Crippen LogP contribution in [0.4, 0.5) is 0 Å². The molecule has 0 nitrogen and oxygen atoms in total. The van der Waals surface area contributed by atoms with E-state index in [0.29, 0.717) is 0 Å². The standard InChI is InChI=1S/C6H6.C5H10/c1-2-4-6-5-3-1;1-2-4-5-3-1/h1-6H;1-5H2. The molecule has 11 heavy (non-hydrogen) atoms. The van der Waals surface area contributed by atoms with Crippen LogP contribution < -0.4 is 0 Å². The van der Waals surface area contributed by atoms with Crippen molar-refractivity contribution in [2.24, 2.45) is 0 Å². The van der Waals surface area contributed by atoms with E-state index in [0.717, 1.165) is 0 Å². The highest BCUT2D eigenvalue weighted by Crippen LogP contribution is 2.15. The topological polar surface area (TPSA) is 0 Å². The Morgan fingerprint density at radius 2 is 0.545 bits per heavy atom. The van der Waals surface area contributed by atoms with Gasteiger partial charge in [-0.25, -0.2) is 0 Å². The highest BCUT2D eigenvalue weighted by molar-refractivity contribution is 4.99. The van der Waals surface area contributed by atoms with E-state index in [1.165, 1.54) is 32.1 Å². The third-order valence-electron chi connectivity index (χ3n) is 1.92. The molecule has 0 heteroatoms. The molecule has 0 heterocycles. The smallest absolute Gasteiger partial charge is 0.0533 e. The van der Waals surface area contributed by atoms with Crippen molar-refractivity contribution in [3.63, 3.8) is 0 Å². The van der Waals surface area contributed by atoms with Crippen molar-refractivity contribution in [1.29, 1.82) is 0 Å². The van der Waals surface area contributed by atoms with Gasteiger partial charge in [-0.05, 0) is 0 Å². The van der Waals surface area contributed by atoms with Crippen LogP contribution >= 0.6 is 0 Å². The van der Waals surface area contributed by atoms with E-state index in [4.69, 9.17) is 0 Å². The van der Waals surface area contributed by atoms with Gasteiger partial charge in [0, 0.05) is 0 Å². The van der Waals surface area contributed by atoms with Gasteiger partial charge in [0.15, 0.2) is 0 Å². The van der Waals surface area contributed by atoms with E-state index in [-0.39, 0.29) is 0 Å². The third kappa shape index (κ3) is 4.60. The van der Waals surface area contributed by atoms with Crippen LogP contribution in [0.2, 0.25) is 0 Å². The summed E-state index contributed by atoms with van der Waals surface area (Å²) in [6.45, 7) is 0. The van der Waals surface area contributed by atoms with E-state index in [9.17, 15) is 0 Å². The van der Waals surface area contributed by atoms with Gasteiger partial charge < -0.3 is 0 Å². The van der Waals surface area contributed by atoms with Crippen LogP contribution in [-0.4, -0.2) is 0 Å². The van der Waals surface area contributed by atoms with Gasteiger partial charge in [-0.3, -0.25) is 0 Å². The molecule has 0 spiro atoms. The normalized spacial score (nSPS) is 15.3. The SMILES string of the molecule is C1CCCC1.c1ccccc1. The Morgan fingerprint density at radius 3 is 0.727 bits per heavy atom. The second-order valence-corrected chi connectivity index (χ2v) is 2.92. The summed E-state index contributed by atoms with van der Waals surface area (Å²) in [6, 6.07) is 12.0. The first-order valence-electron chi connectivity index (χ1n) is 4.50. The van der Waals surface area contributed by atoms with E-state index in [1.54, 1.807) is 0 Å². The molecule has 0 radical (unpaired) electrons. The molecule has 1 saturated carbocycles. The lowest BCUT2D eigenvalue weighted by molar-refractivity contribution is 0.886. The van der Waals surface area contributed by atoms with Crippen molar-refractivity contribution in [1.82, 2.24) is 0 Å². The van der Waals surface area contributed by atoms with E-state index >= 15 is 0 Å². The van der Waals surface area contributed by atoms with Gasteiger partial charge in [0.2, 0.25) is 0 Å². The number of benzene rings is 1. The molecule has 1 aliphatic rings. The molecule has 0 N–H and O–H groups in total. The molecular weight excluding hydrogens is 132 g/mol. The highest BCUT2D eigenvalue weighted by atomic mass is 14.0. The van der Waals surface area contributed by atoms with E-state index in [2.05, 4.69) is 0 Å². The molecule has 1 aromatic carbocycles. The lowest BCUT2D eigenvalue weighted by atomic mass is 10.4. The fourth-order valence-corrected chi connectivity index (χ4v) is 1.27. The van der Waals surface area contributed by atoms with E-state index in [1.807, 2.05) is 36.4 Å². The Balaban J connectivity index is 0.000000112. The van der Waals surface area contributed by atoms with Gasteiger partial charge in [0.25, 0.3) is 0 Å². The second-order valence-electron chi connectivity index (χ2n) is 2.92. The fourth-order valence-electron chi connectivity index (χ4n) is 1.27. The number of rotatable bonds is 0. The summed E-state index contributed by atoms with van der Waals surface area (Å²) in [5, 5.41) is 0. The van der Waals surface area contributed by atoms with E-state index < -0.39 is 0 Å². The van der Waals surface area contributed by atoms with Gasteiger partial charge in [-0.2, -0.15) is 0 Å². The van der Waals surface area contributed by atoms with Crippen LogP contribution in [0.5, 0.6) is 0 Å². The van der Waals surface area contributed by atoms with Crippen LogP contribution in [0.3, 0.4) is 0 Å². The summed E-state index contributed by atoms with van der Waals surface area (Å²) in [5.74, 6) is 0. The molecular formula is C11H16. The molecule has 1 aromatic rings.